The molecule has 1 aliphatic rings. The van der Waals surface area contributed by atoms with E-state index in [9.17, 15) is 4.79 Å². The van der Waals surface area contributed by atoms with Crippen molar-refractivity contribution in [1.82, 2.24) is 24.3 Å². The Balaban J connectivity index is 1.59. The van der Waals surface area contributed by atoms with Crippen LogP contribution in [0.5, 0.6) is 0 Å². The Morgan fingerprint density at radius 2 is 1.92 bits per heavy atom. The zero-order valence-corrected chi connectivity index (χ0v) is 14.4. The number of carbonyl (C=O) groups excluding carboxylic acids is 1. The quantitative estimate of drug-likeness (QED) is 0.841. The van der Waals surface area contributed by atoms with Crippen molar-refractivity contribution in [2.45, 2.75) is 25.3 Å². The van der Waals surface area contributed by atoms with Crippen LogP contribution in [0.25, 0.3) is 0 Å². The van der Waals surface area contributed by atoms with E-state index in [1.807, 2.05) is 11.1 Å². The highest BCUT2D eigenvalue weighted by Crippen LogP contribution is 2.27. The number of amides is 1. The molecule has 6 nitrogen and oxygen atoms in total. The van der Waals surface area contributed by atoms with Gasteiger partial charge in [-0.05, 0) is 39.1 Å². The molecule has 2 aromatic rings. The number of piperidine rings is 1. The van der Waals surface area contributed by atoms with Crippen molar-refractivity contribution in [2.75, 3.05) is 33.7 Å². The van der Waals surface area contributed by atoms with E-state index >= 15 is 0 Å². The molecule has 3 heterocycles. The van der Waals surface area contributed by atoms with Gasteiger partial charge in [-0.25, -0.2) is 4.98 Å². The molecule has 3 rings (SSSR count). The molecule has 0 saturated carbocycles. The van der Waals surface area contributed by atoms with Crippen LogP contribution >= 0.6 is 0 Å². The number of imidazole rings is 1. The molecule has 1 aliphatic heterocycles. The van der Waals surface area contributed by atoms with Crippen LogP contribution in [0.2, 0.25) is 0 Å². The van der Waals surface area contributed by atoms with Crippen LogP contribution in [-0.4, -0.2) is 64.0 Å². The van der Waals surface area contributed by atoms with E-state index in [4.69, 9.17) is 0 Å². The second-order valence-corrected chi connectivity index (χ2v) is 6.58. The van der Waals surface area contributed by atoms with E-state index in [0.29, 0.717) is 5.92 Å². The fourth-order valence-electron chi connectivity index (χ4n) is 3.20. The molecule has 1 saturated heterocycles. The van der Waals surface area contributed by atoms with Crippen LogP contribution in [-0.2, 0) is 6.54 Å². The minimum absolute atomic E-state index is 0.104. The van der Waals surface area contributed by atoms with E-state index in [2.05, 4.69) is 39.7 Å². The summed E-state index contributed by atoms with van der Waals surface area (Å²) in [6, 6.07) is 3.56. The zero-order valence-electron chi connectivity index (χ0n) is 14.4. The maximum absolute atomic E-state index is 12.5. The van der Waals surface area contributed by atoms with E-state index in [1.54, 1.807) is 24.5 Å². The molecular weight excluding hydrogens is 302 g/mol. The summed E-state index contributed by atoms with van der Waals surface area (Å²) in [5.41, 5.74) is 0.718. The number of rotatable bonds is 5. The Bertz CT molecular complexity index is 659. The number of hydrogen-bond donors (Lipinski definition) is 0. The predicted molar refractivity (Wildman–Crippen MR) is 92.9 cm³/mol. The van der Waals surface area contributed by atoms with Crippen LogP contribution in [0.15, 0.2) is 36.9 Å². The molecule has 0 bridgehead atoms. The largest absolute Gasteiger partial charge is 0.339 e. The van der Waals surface area contributed by atoms with Gasteiger partial charge >= 0.3 is 0 Å². The van der Waals surface area contributed by atoms with Crippen molar-refractivity contribution in [3.63, 3.8) is 0 Å². The second kappa shape index (κ2) is 7.57. The normalized spacial score (nSPS) is 15.9. The number of hydrogen-bond acceptors (Lipinski definition) is 4. The fraction of sp³-hybridized carbons (Fsp3) is 0.500. The number of likely N-dealkylation sites (N-methyl/N-ethyl adjacent to an activating group) is 1. The van der Waals surface area contributed by atoms with E-state index in [-0.39, 0.29) is 5.91 Å². The van der Waals surface area contributed by atoms with E-state index in [1.165, 1.54) is 0 Å². The van der Waals surface area contributed by atoms with Gasteiger partial charge in [0, 0.05) is 62.4 Å². The molecule has 1 fully saturated rings. The average Bonchev–Trinajstić information content (AvgIpc) is 3.09. The van der Waals surface area contributed by atoms with Gasteiger partial charge in [-0.3, -0.25) is 9.78 Å². The molecule has 0 aromatic carbocycles. The lowest BCUT2D eigenvalue weighted by Crippen LogP contribution is -2.38. The maximum atomic E-state index is 12.5. The molecule has 128 valence electrons. The van der Waals surface area contributed by atoms with Crippen LogP contribution < -0.4 is 0 Å². The first-order chi connectivity index (χ1) is 11.6. The van der Waals surface area contributed by atoms with Crippen molar-refractivity contribution in [2.24, 2.45) is 0 Å². The third-order valence-electron chi connectivity index (χ3n) is 4.61. The summed E-state index contributed by atoms with van der Waals surface area (Å²) >= 11 is 0. The first kappa shape index (κ1) is 16.6. The van der Waals surface area contributed by atoms with Gasteiger partial charge in [0.2, 0.25) is 0 Å². The standard InChI is InChI=1S/C18H25N5O/c1-21(2)13-14-22-12-9-20-17(22)15-5-10-23(11-6-15)18(24)16-3-7-19-8-4-16/h3-4,7-9,12,15H,5-6,10-11,13-14H2,1-2H3. The second-order valence-electron chi connectivity index (χ2n) is 6.58. The molecule has 0 atom stereocenters. The summed E-state index contributed by atoms with van der Waals surface area (Å²) < 4.78 is 2.25. The SMILES string of the molecule is CN(C)CCn1ccnc1C1CCN(C(=O)c2ccncc2)CC1. The molecule has 0 N–H and O–H groups in total. The molecule has 2 aromatic heterocycles. The van der Waals surface area contributed by atoms with E-state index < -0.39 is 0 Å². The highest BCUT2D eigenvalue weighted by molar-refractivity contribution is 5.94. The summed E-state index contributed by atoms with van der Waals surface area (Å²) in [6.45, 7) is 3.53. The van der Waals surface area contributed by atoms with Crippen molar-refractivity contribution in [1.29, 1.82) is 0 Å². The van der Waals surface area contributed by atoms with Gasteiger partial charge in [0.15, 0.2) is 0 Å². The lowest BCUT2D eigenvalue weighted by Gasteiger charge is -2.32. The molecule has 0 radical (unpaired) electrons. The van der Waals surface area contributed by atoms with Crippen molar-refractivity contribution >= 4 is 5.91 Å². The lowest BCUT2D eigenvalue weighted by molar-refractivity contribution is 0.0710. The third-order valence-corrected chi connectivity index (χ3v) is 4.61. The molecule has 6 heteroatoms. The van der Waals surface area contributed by atoms with Gasteiger partial charge in [0.1, 0.15) is 5.82 Å². The van der Waals surface area contributed by atoms with Gasteiger partial charge < -0.3 is 14.4 Å². The smallest absolute Gasteiger partial charge is 0.253 e. The molecule has 0 unspecified atom stereocenters. The first-order valence-corrected chi connectivity index (χ1v) is 8.50. The van der Waals surface area contributed by atoms with Crippen LogP contribution in [0.1, 0.15) is 34.9 Å². The molecule has 0 spiro atoms. The number of carbonyl (C=O) groups is 1. The topological polar surface area (TPSA) is 54.3 Å². The first-order valence-electron chi connectivity index (χ1n) is 8.50. The highest BCUT2D eigenvalue weighted by Gasteiger charge is 2.26. The lowest BCUT2D eigenvalue weighted by atomic mass is 9.95. The Morgan fingerprint density at radius 1 is 1.21 bits per heavy atom. The predicted octanol–water partition coefficient (Wildman–Crippen LogP) is 1.86. The highest BCUT2D eigenvalue weighted by atomic mass is 16.2. The Morgan fingerprint density at radius 3 is 2.58 bits per heavy atom. The summed E-state index contributed by atoms with van der Waals surface area (Å²) in [7, 11) is 4.17. The number of aromatic nitrogens is 3. The minimum atomic E-state index is 0.104. The van der Waals surface area contributed by atoms with Crippen LogP contribution in [0.4, 0.5) is 0 Å². The number of likely N-dealkylation sites (tertiary alicyclic amines) is 1. The van der Waals surface area contributed by atoms with Crippen LogP contribution in [0, 0.1) is 0 Å². The average molecular weight is 327 g/mol. The third kappa shape index (κ3) is 3.82. The van der Waals surface area contributed by atoms with Crippen molar-refractivity contribution in [3.05, 3.63) is 48.3 Å². The fourth-order valence-corrected chi connectivity index (χ4v) is 3.20. The van der Waals surface area contributed by atoms with Crippen LogP contribution in [0.3, 0.4) is 0 Å². The number of pyridine rings is 1. The van der Waals surface area contributed by atoms with Gasteiger partial charge in [0.25, 0.3) is 5.91 Å². The van der Waals surface area contributed by atoms with Gasteiger partial charge in [-0.1, -0.05) is 0 Å². The minimum Gasteiger partial charge on any atom is -0.339 e. The van der Waals surface area contributed by atoms with Crippen molar-refractivity contribution in [3.8, 4) is 0 Å². The molecule has 0 aliphatic carbocycles. The monoisotopic (exact) mass is 327 g/mol. The summed E-state index contributed by atoms with van der Waals surface area (Å²) in [5.74, 6) is 1.70. The Hall–Kier alpha value is -2.21. The molecule has 24 heavy (non-hydrogen) atoms. The van der Waals surface area contributed by atoms with Gasteiger partial charge in [0.05, 0.1) is 0 Å². The maximum Gasteiger partial charge on any atom is 0.253 e. The molecule has 1 amide bonds. The number of nitrogens with zero attached hydrogens (tertiary/aromatic N) is 5. The Labute approximate surface area is 143 Å². The molecular formula is C18H25N5O. The Kier molecular flexibility index (Phi) is 5.25. The van der Waals surface area contributed by atoms with Gasteiger partial charge in [-0.15, -0.1) is 0 Å². The summed E-state index contributed by atoms with van der Waals surface area (Å²) in [6.07, 6.45) is 9.22. The van der Waals surface area contributed by atoms with Crippen molar-refractivity contribution < 1.29 is 4.79 Å². The van der Waals surface area contributed by atoms with E-state index in [0.717, 1.165) is 50.4 Å². The summed E-state index contributed by atoms with van der Waals surface area (Å²) in [5, 5.41) is 0. The summed E-state index contributed by atoms with van der Waals surface area (Å²) in [4.78, 5) is 25.2. The zero-order chi connectivity index (χ0) is 16.9. The van der Waals surface area contributed by atoms with Gasteiger partial charge in [-0.2, -0.15) is 0 Å².